The van der Waals surface area contributed by atoms with Crippen LogP contribution < -0.4 is 15.4 Å². The first-order chi connectivity index (χ1) is 16.8. The van der Waals surface area contributed by atoms with E-state index in [1.165, 1.54) is 19.2 Å². The number of nitrogens with one attached hydrogen (secondary N) is 2. The summed E-state index contributed by atoms with van der Waals surface area (Å²) in [6.07, 6.45) is 4.79. The summed E-state index contributed by atoms with van der Waals surface area (Å²) in [5, 5.41) is 15.9. The van der Waals surface area contributed by atoms with Crippen molar-refractivity contribution in [3.05, 3.63) is 48.3 Å². The van der Waals surface area contributed by atoms with Gasteiger partial charge in [0, 0.05) is 54.9 Å². The van der Waals surface area contributed by atoms with E-state index in [0.29, 0.717) is 28.3 Å². The Morgan fingerprint density at radius 3 is 2.42 bits per heavy atom. The van der Waals surface area contributed by atoms with Crippen molar-refractivity contribution in [1.82, 2.24) is 15.0 Å². The molecule has 3 aromatic rings. The normalized spacial score (nSPS) is 12.6. The minimum absolute atomic E-state index is 0.131. The van der Waals surface area contributed by atoms with Crippen molar-refractivity contribution >= 4 is 33.1 Å². The van der Waals surface area contributed by atoms with Crippen LogP contribution in [-0.2, 0) is 20.2 Å². The highest BCUT2D eigenvalue weighted by molar-refractivity contribution is 7.90. The van der Waals surface area contributed by atoms with E-state index in [4.69, 9.17) is 4.74 Å². The van der Waals surface area contributed by atoms with Crippen molar-refractivity contribution in [3.63, 3.8) is 0 Å². The van der Waals surface area contributed by atoms with Gasteiger partial charge in [-0.2, -0.15) is 0 Å². The van der Waals surface area contributed by atoms with Gasteiger partial charge in [-0.3, -0.25) is 9.78 Å². The molecule has 0 bridgehead atoms. The molecule has 1 amide bonds. The van der Waals surface area contributed by atoms with Crippen molar-refractivity contribution in [2.24, 2.45) is 0 Å². The second-order valence-electron chi connectivity index (χ2n) is 9.05. The van der Waals surface area contributed by atoms with Gasteiger partial charge in [-0.05, 0) is 33.3 Å². The molecule has 1 atom stereocenters. The Hall–Kier alpha value is -3.57. The van der Waals surface area contributed by atoms with E-state index < -0.39 is 15.4 Å². The predicted octanol–water partition coefficient (Wildman–Crippen LogP) is 4.05. The van der Waals surface area contributed by atoms with Crippen LogP contribution in [0, 0.1) is 0 Å². The van der Waals surface area contributed by atoms with Crippen LogP contribution in [0.1, 0.15) is 46.6 Å². The number of carbonyl (C=O) groups excluding carboxylic acids is 1. The van der Waals surface area contributed by atoms with E-state index in [0.717, 1.165) is 12.7 Å². The first kappa shape index (κ1) is 27.0. The topological polar surface area (TPSA) is 143 Å². The molecule has 3 aromatic heterocycles. The lowest BCUT2D eigenvalue weighted by Gasteiger charge is -2.18. The van der Waals surface area contributed by atoms with Gasteiger partial charge in [-0.1, -0.05) is 13.0 Å². The fraction of sp³-hybridized carbons (Fsp3) is 0.360. The summed E-state index contributed by atoms with van der Waals surface area (Å²) in [7, 11) is -3.62. The number of anilines is 3. The Kier molecular flexibility index (Phi) is 7.95. The van der Waals surface area contributed by atoms with E-state index in [1.807, 2.05) is 13.8 Å². The van der Waals surface area contributed by atoms with Crippen LogP contribution in [0.3, 0.4) is 0 Å². The van der Waals surface area contributed by atoms with Gasteiger partial charge in [0.05, 0.1) is 23.1 Å². The van der Waals surface area contributed by atoms with E-state index in [-0.39, 0.29) is 28.7 Å². The summed E-state index contributed by atoms with van der Waals surface area (Å²) < 4.78 is 30.4. The molecule has 3 rings (SSSR count). The number of aromatic nitrogens is 3. The zero-order chi connectivity index (χ0) is 26.7. The maximum Gasteiger partial charge on any atom is 0.222 e. The van der Waals surface area contributed by atoms with Gasteiger partial charge in [0.25, 0.3) is 0 Å². The minimum Gasteiger partial charge on any atom is -0.490 e. The molecule has 0 unspecified atom stereocenters. The van der Waals surface area contributed by atoms with Crippen LogP contribution >= 0.6 is 0 Å². The summed E-state index contributed by atoms with van der Waals surface area (Å²) in [6, 6.07) is 8.10. The van der Waals surface area contributed by atoms with E-state index in [9.17, 15) is 18.3 Å². The molecule has 0 saturated heterocycles. The van der Waals surface area contributed by atoms with Crippen LogP contribution in [0.4, 0.5) is 17.3 Å². The van der Waals surface area contributed by atoms with Gasteiger partial charge < -0.3 is 20.5 Å². The molecule has 0 aliphatic rings. The zero-order valence-electron chi connectivity index (χ0n) is 21.2. The highest BCUT2D eigenvalue weighted by Crippen LogP contribution is 2.33. The molecule has 36 heavy (non-hydrogen) atoms. The van der Waals surface area contributed by atoms with Gasteiger partial charge in [0.1, 0.15) is 17.4 Å². The number of pyridine rings is 3. The summed E-state index contributed by atoms with van der Waals surface area (Å²) in [5.74, 6) is 0.575. The smallest absolute Gasteiger partial charge is 0.222 e. The monoisotopic (exact) mass is 513 g/mol. The molecule has 0 saturated carbocycles. The highest BCUT2D eigenvalue weighted by atomic mass is 32.2. The van der Waals surface area contributed by atoms with Crippen LogP contribution in [0.15, 0.2) is 47.8 Å². The molecule has 0 aliphatic heterocycles. The number of aliphatic hydroxyl groups is 1. The number of carbonyl (C=O) groups is 1. The van der Waals surface area contributed by atoms with E-state index in [1.54, 1.807) is 44.3 Å². The molecule has 192 valence electrons. The molecule has 0 spiro atoms. The number of ether oxygens (including phenoxy) is 1. The third-order valence-corrected chi connectivity index (χ3v) is 6.25. The Labute approximate surface area is 211 Å². The Bertz CT molecular complexity index is 1350. The number of nitrogens with zero attached hydrogens (tertiary/aromatic N) is 3. The fourth-order valence-corrected chi connectivity index (χ4v) is 3.78. The van der Waals surface area contributed by atoms with Crippen LogP contribution in [0.2, 0.25) is 0 Å². The van der Waals surface area contributed by atoms with Crippen molar-refractivity contribution in [1.29, 1.82) is 0 Å². The lowest BCUT2D eigenvalue weighted by atomic mass is 9.99. The zero-order valence-corrected chi connectivity index (χ0v) is 22.0. The maximum atomic E-state index is 12.3. The number of hydrogen-bond donors (Lipinski definition) is 3. The first-order valence-electron chi connectivity index (χ1n) is 11.4. The largest absolute Gasteiger partial charge is 0.490 e. The van der Waals surface area contributed by atoms with Gasteiger partial charge in [0.15, 0.2) is 14.9 Å². The second-order valence-corrected chi connectivity index (χ2v) is 11.0. The van der Waals surface area contributed by atoms with Crippen molar-refractivity contribution < 1.29 is 23.1 Å². The van der Waals surface area contributed by atoms with Crippen molar-refractivity contribution in [2.75, 3.05) is 16.9 Å². The third kappa shape index (κ3) is 6.98. The first-order valence-corrected chi connectivity index (χ1v) is 13.3. The second kappa shape index (κ2) is 10.6. The highest BCUT2D eigenvalue weighted by Gasteiger charge is 2.19. The van der Waals surface area contributed by atoms with Crippen molar-refractivity contribution in [2.45, 2.75) is 57.8 Å². The number of rotatable bonds is 9. The van der Waals surface area contributed by atoms with E-state index >= 15 is 0 Å². The molecule has 3 N–H and O–H groups in total. The molecule has 0 aromatic carbocycles. The molecule has 3 heterocycles. The number of hydrogen-bond acceptors (Lipinski definition) is 9. The Morgan fingerprint density at radius 1 is 1.14 bits per heavy atom. The Balaban J connectivity index is 2.10. The van der Waals surface area contributed by atoms with Gasteiger partial charge in [-0.25, -0.2) is 18.4 Å². The molecular weight excluding hydrogens is 482 g/mol. The Morgan fingerprint density at radius 2 is 1.86 bits per heavy atom. The molecule has 10 nitrogen and oxygen atoms in total. The number of sulfone groups is 1. The van der Waals surface area contributed by atoms with Gasteiger partial charge in [0.2, 0.25) is 5.91 Å². The summed E-state index contributed by atoms with van der Waals surface area (Å²) in [5.41, 5.74) is 1.18. The maximum absolute atomic E-state index is 12.3. The van der Waals surface area contributed by atoms with Gasteiger partial charge in [-0.15, -0.1) is 0 Å². The van der Waals surface area contributed by atoms with Gasteiger partial charge >= 0.3 is 0 Å². The van der Waals surface area contributed by atoms with Crippen molar-refractivity contribution in [3.8, 4) is 17.0 Å². The SMILES string of the molecule is CC[C@H](C)Oc1cc(Nc2cc(NC(C)=O)ncc2-c2ccc(C(C)(C)O)cn2)nc(S(C)(=O)=O)c1. The molecule has 0 aliphatic carbocycles. The lowest BCUT2D eigenvalue weighted by Crippen LogP contribution is -2.15. The summed E-state index contributed by atoms with van der Waals surface area (Å²) in [6.45, 7) is 8.55. The average molecular weight is 514 g/mol. The molecular formula is C25H31N5O5S. The average Bonchev–Trinajstić information content (AvgIpc) is 2.77. The molecule has 0 radical (unpaired) electrons. The standard InChI is InChI=1S/C25H31N5O5S/c1-7-15(2)35-18-10-23(30-24(11-18)36(6,33)34)29-21-12-22(28-16(3)31)27-14-19(21)20-9-8-17(13-26-20)25(4,5)32/h8-15,32H,7H2,1-6H3,(H2,27,28,29,30,31)/t15-/m0/s1. The third-order valence-electron chi connectivity index (χ3n) is 5.28. The lowest BCUT2D eigenvalue weighted by molar-refractivity contribution is -0.114. The minimum atomic E-state index is -3.62. The predicted molar refractivity (Wildman–Crippen MR) is 138 cm³/mol. The summed E-state index contributed by atoms with van der Waals surface area (Å²) in [4.78, 5) is 24.6. The fourth-order valence-electron chi connectivity index (χ4n) is 3.18. The quantitative estimate of drug-likeness (QED) is 0.386. The molecule has 0 fully saturated rings. The van der Waals surface area contributed by atoms with Crippen LogP contribution in [0.25, 0.3) is 11.3 Å². The van der Waals surface area contributed by atoms with Crippen LogP contribution in [-0.4, -0.2) is 46.7 Å². The molecule has 11 heteroatoms. The summed E-state index contributed by atoms with van der Waals surface area (Å²) >= 11 is 0. The van der Waals surface area contributed by atoms with E-state index in [2.05, 4.69) is 25.6 Å². The van der Waals surface area contributed by atoms with Crippen LogP contribution in [0.5, 0.6) is 5.75 Å². The number of amides is 1.